The molecule has 2 atom stereocenters. The summed E-state index contributed by atoms with van der Waals surface area (Å²) in [6.07, 6.45) is 2.44. The van der Waals surface area contributed by atoms with E-state index in [1.54, 1.807) is 18.3 Å². The number of aromatic nitrogens is 1. The summed E-state index contributed by atoms with van der Waals surface area (Å²) in [6.45, 7) is 2.88. The van der Waals surface area contributed by atoms with Gasteiger partial charge in [0.25, 0.3) is 5.91 Å². The van der Waals surface area contributed by atoms with E-state index in [4.69, 9.17) is 10.5 Å². The molecular formula is C14H17N3O2. The molecule has 1 aliphatic rings. The fourth-order valence-electron chi connectivity index (χ4n) is 1.99. The van der Waals surface area contributed by atoms with Gasteiger partial charge >= 0.3 is 0 Å². The first kappa shape index (κ1) is 13.5. The van der Waals surface area contributed by atoms with E-state index in [0.717, 1.165) is 6.42 Å². The van der Waals surface area contributed by atoms with Gasteiger partial charge < -0.3 is 15.8 Å². The Hall–Kier alpha value is -1.90. The Kier molecular flexibility index (Phi) is 4.50. The first-order chi connectivity index (χ1) is 9.22. The Labute approximate surface area is 112 Å². The number of amides is 1. The quantitative estimate of drug-likeness (QED) is 0.749. The van der Waals surface area contributed by atoms with Gasteiger partial charge in [-0.3, -0.25) is 4.79 Å². The first-order valence-corrected chi connectivity index (χ1v) is 6.29. The Bertz CT molecular complexity index is 519. The molecule has 2 heterocycles. The largest absolute Gasteiger partial charge is 0.376 e. The molecule has 0 saturated carbocycles. The number of carbonyl (C=O) groups excluding carboxylic acids is 1. The maximum atomic E-state index is 12.2. The number of hydrogen-bond acceptors (Lipinski definition) is 4. The smallest absolute Gasteiger partial charge is 0.271 e. The standard InChI is InChI=1S/C14H17N3O2/c1-10-12(6-9-19-10)17-14(18)13-11(4-2-7-15)5-3-8-16-13/h3,5,8,10,12H,6-7,9,15H2,1H3,(H,17,18). The van der Waals surface area contributed by atoms with Crippen molar-refractivity contribution >= 4 is 5.91 Å². The van der Waals surface area contributed by atoms with Crippen molar-refractivity contribution in [2.45, 2.75) is 25.5 Å². The highest BCUT2D eigenvalue weighted by molar-refractivity contribution is 5.95. The van der Waals surface area contributed by atoms with Crippen LogP contribution in [0.4, 0.5) is 0 Å². The molecule has 1 saturated heterocycles. The van der Waals surface area contributed by atoms with Crippen LogP contribution in [0.2, 0.25) is 0 Å². The highest BCUT2D eigenvalue weighted by Gasteiger charge is 2.26. The van der Waals surface area contributed by atoms with Gasteiger partial charge in [-0.2, -0.15) is 0 Å². The van der Waals surface area contributed by atoms with Gasteiger partial charge in [-0.05, 0) is 25.5 Å². The Morgan fingerprint density at radius 2 is 2.53 bits per heavy atom. The van der Waals surface area contributed by atoms with Crippen LogP contribution in [0.25, 0.3) is 0 Å². The third kappa shape index (κ3) is 3.31. The summed E-state index contributed by atoms with van der Waals surface area (Å²) in [5, 5.41) is 2.94. The average molecular weight is 259 g/mol. The van der Waals surface area contributed by atoms with Gasteiger partial charge in [-0.15, -0.1) is 0 Å². The second-order valence-electron chi connectivity index (χ2n) is 4.35. The van der Waals surface area contributed by atoms with Crippen molar-refractivity contribution in [3.05, 3.63) is 29.6 Å². The minimum absolute atomic E-state index is 0.0322. The molecular weight excluding hydrogens is 242 g/mol. The molecule has 5 heteroatoms. The molecule has 100 valence electrons. The number of pyridine rings is 1. The van der Waals surface area contributed by atoms with Gasteiger partial charge in [0.05, 0.1) is 24.3 Å². The Morgan fingerprint density at radius 3 is 3.21 bits per heavy atom. The molecule has 19 heavy (non-hydrogen) atoms. The van der Waals surface area contributed by atoms with Crippen LogP contribution in [0.15, 0.2) is 18.3 Å². The van der Waals surface area contributed by atoms with Crippen LogP contribution < -0.4 is 11.1 Å². The van der Waals surface area contributed by atoms with Crippen LogP contribution in [0, 0.1) is 11.8 Å². The zero-order valence-corrected chi connectivity index (χ0v) is 10.8. The van der Waals surface area contributed by atoms with Crippen molar-refractivity contribution in [1.82, 2.24) is 10.3 Å². The third-order valence-electron chi connectivity index (χ3n) is 3.04. The summed E-state index contributed by atoms with van der Waals surface area (Å²) < 4.78 is 5.42. The first-order valence-electron chi connectivity index (χ1n) is 6.29. The molecule has 1 aromatic heterocycles. The van der Waals surface area contributed by atoms with Crippen LogP contribution in [0.1, 0.15) is 29.4 Å². The number of hydrogen-bond donors (Lipinski definition) is 2. The van der Waals surface area contributed by atoms with E-state index in [1.165, 1.54) is 0 Å². The number of nitrogens with one attached hydrogen (secondary N) is 1. The normalized spacial score (nSPS) is 21.6. The highest BCUT2D eigenvalue weighted by atomic mass is 16.5. The van der Waals surface area contributed by atoms with E-state index in [2.05, 4.69) is 22.1 Å². The van der Waals surface area contributed by atoms with E-state index >= 15 is 0 Å². The predicted molar refractivity (Wildman–Crippen MR) is 71.5 cm³/mol. The molecule has 2 rings (SSSR count). The summed E-state index contributed by atoms with van der Waals surface area (Å²) >= 11 is 0. The van der Waals surface area contributed by atoms with Crippen molar-refractivity contribution in [3.63, 3.8) is 0 Å². The van der Waals surface area contributed by atoms with Crippen molar-refractivity contribution in [1.29, 1.82) is 0 Å². The number of nitrogens with two attached hydrogens (primary N) is 1. The second kappa shape index (κ2) is 6.32. The molecule has 3 N–H and O–H groups in total. The zero-order valence-electron chi connectivity index (χ0n) is 10.8. The lowest BCUT2D eigenvalue weighted by molar-refractivity contribution is 0.0861. The van der Waals surface area contributed by atoms with Gasteiger partial charge in [-0.1, -0.05) is 11.8 Å². The zero-order chi connectivity index (χ0) is 13.7. The van der Waals surface area contributed by atoms with Gasteiger partial charge in [0.2, 0.25) is 0 Å². The number of nitrogens with zero attached hydrogens (tertiary/aromatic N) is 1. The monoisotopic (exact) mass is 259 g/mol. The molecule has 0 spiro atoms. The number of ether oxygens (including phenoxy) is 1. The van der Waals surface area contributed by atoms with Crippen LogP contribution >= 0.6 is 0 Å². The lowest BCUT2D eigenvalue weighted by Crippen LogP contribution is -2.39. The van der Waals surface area contributed by atoms with Gasteiger partial charge in [-0.25, -0.2) is 4.98 Å². The van der Waals surface area contributed by atoms with Crippen LogP contribution in [-0.4, -0.2) is 36.2 Å². The maximum absolute atomic E-state index is 12.2. The maximum Gasteiger partial charge on any atom is 0.271 e. The van der Waals surface area contributed by atoms with Gasteiger partial charge in [0.1, 0.15) is 5.69 Å². The SMILES string of the molecule is CC1OCCC1NC(=O)c1ncccc1C#CCN. The molecule has 0 radical (unpaired) electrons. The van der Waals surface area contributed by atoms with Crippen LogP contribution in [-0.2, 0) is 4.74 Å². The van der Waals surface area contributed by atoms with E-state index in [0.29, 0.717) is 17.9 Å². The molecule has 0 bridgehead atoms. The van der Waals surface area contributed by atoms with Crippen LogP contribution in [0.5, 0.6) is 0 Å². The predicted octanol–water partition coefficient (Wildman–Crippen LogP) is 0.299. The summed E-state index contributed by atoms with van der Waals surface area (Å²) in [6, 6.07) is 3.54. The molecule has 5 nitrogen and oxygen atoms in total. The third-order valence-corrected chi connectivity index (χ3v) is 3.04. The Morgan fingerprint density at radius 1 is 1.68 bits per heavy atom. The summed E-state index contributed by atoms with van der Waals surface area (Å²) in [4.78, 5) is 16.3. The summed E-state index contributed by atoms with van der Waals surface area (Å²) in [5.74, 6) is 5.38. The molecule has 1 aliphatic heterocycles. The van der Waals surface area contributed by atoms with E-state index in [1.807, 2.05) is 6.92 Å². The summed E-state index contributed by atoms with van der Waals surface area (Å²) in [7, 11) is 0. The fraction of sp³-hybridized carbons (Fsp3) is 0.429. The molecule has 0 aliphatic carbocycles. The van der Waals surface area contributed by atoms with Crippen LogP contribution in [0.3, 0.4) is 0 Å². The van der Waals surface area contributed by atoms with Gasteiger partial charge in [0, 0.05) is 12.8 Å². The van der Waals surface area contributed by atoms with E-state index in [9.17, 15) is 4.79 Å². The topological polar surface area (TPSA) is 77.2 Å². The minimum Gasteiger partial charge on any atom is -0.376 e. The molecule has 2 unspecified atom stereocenters. The summed E-state index contributed by atoms with van der Waals surface area (Å²) in [5.41, 5.74) is 6.27. The van der Waals surface area contributed by atoms with Crippen molar-refractivity contribution < 1.29 is 9.53 Å². The minimum atomic E-state index is -0.218. The van der Waals surface area contributed by atoms with Crippen molar-refractivity contribution in [2.24, 2.45) is 5.73 Å². The molecule has 1 fully saturated rings. The molecule has 1 aromatic rings. The number of rotatable bonds is 2. The molecule has 1 amide bonds. The second-order valence-corrected chi connectivity index (χ2v) is 4.35. The Balaban J connectivity index is 2.14. The van der Waals surface area contributed by atoms with Crippen molar-refractivity contribution in [2.75, 3.05) is 13.2 Å². The fourth-order valence-corrected chi connectivity index (χ4v) is 1.99. The van der Waals surface area contributed by atoms with Gasteiger partial charge in [0.15, 0.2) is 0 Å². The van der Waals surface area contributed by atoms with E-state index in [-0.39, 0.29) is 24.6 Å². The highest BCUT2D eigenvalue weighted by Crippen LogP contribution is 2.13. The lowest BCUT2D eigenvalue weighted by atomic mass is 10.1. The van der Waals surface area contributed by atoms with Crippen molar-refractivity contribution in [3.8, 4) is 11.8 Å². The lowest BCUT2D eigenvalue weighted by Gasteiger charge is -2.16. The molecule has 0 aromatic carbocycles. The average Bonchev–Trinajstić information content (AvgIpc) is 2.82. The number of carbonyl (C=O) groups is 1. The van der Waals surface area contributed by atoms with E-state index < -0.39 is 0 Å².